The van der Waals surface area contributed by atoms with Crippen LogP contribution in [0, 0.1) is 0 Å². The molecule has 1 heterocycles. The van der Waals surface area contributed by atoms with Crippen LogP contribution in [0.25, 0.3) is 0 Å². The molecule has 0 aliphatic carbocycles. The first-order valence-electron chi connectivity index (χ1n) is 5.58. The molecule has 0 unspecified atom stereocenters. The van der Waals surface area contributed by atoms with E-state index in [9.17, 15) is 12.8 Å². The molecule has 106 valence electrons. The minimum absolute atomic E-state index is 0.00625. The summed E-state index contributed by atoms with van der Waals surface area (Å²) < 4.78 is 39.7. The smallest absolute Gasteiger partial charge is 0.243 e. The molecule has 8 heteroatoms. The molecule has 2 atom stereocenters. The predicted molar refractivity (Wildman–Crippen MR) is 73.4 cm³/mol. The number of hydrogen-bond donors (Lipinski definition) is 1. The Hall–Kier alpha value is -0.210. The van der Waals surface area contributed by atoms with Crippen molar-refractivity contribution in [2.75, 3.05) is 13.2 Å². The second-order valence-corrected chi connectivity index (χ2v) is 7.47. The lowest BCUT2D eigenvalue weighted by Crippen LogP contribution is -2.37. The normalized spacial score (nSPS) is 24.8. The molecule has 1 aliphatic heterocycles. The molecule has 1 aromatic rings. The minimum atomic E-state index is -3.84. The van der Waals surface area contributed by atoms with Crippen LogP contribution in [0.1, 0.15) is 6.42 Å². The van der Waals surface area contributed by atoms with Gasteiger partial charge in [-0.15, -0.1) is 0 Å². The van der Waals surface area contributed by atoms with Gasteiger partial charge in [0.1, 0.15) is 6.17 Å². The molecular formula is C11H12BrClFNO3S. The third kappa shape index (κ3) is 2.95. The molecule has 4 nitrogen and oxygen atoms in total. The van der Waals surface area contributed by atoms with Crippen LogP contribution < -0.4 is 0 Å². The van der Waals surface area contributed by atoms with Crippen LogP contribution in [-0.2, 0) is 10.0 Å². The van der Waals surface area contributed by atoms with Crippen molar-refractivity contribution in [1.82, 2.24) is 4.31 Å². The van der Waals surface area contributed by atoms with Gasteiger partial charge >= 0.3 is 0 Å². The molecule has 1 aromatic carbocycles. The number of rotatable bonds is 3. The maximum atomic E-state index is 13.3. The Balaban J connectivity index is 2.39. The lowest BCUT2D eigenvalue weighted by atomic mass is 10.2. The lowest BCUT2D eigenvalue weighted by Gasteiger charge is -2.22. The molecule has 0 aromatic heterocycles. The van der Waals surface area contributed by atoms with Crippen LogP contribution >= 0.6 is 27.5 Å². The number of benzene rings is 1. The fourth-order valence-electron chi connectivity index (χ4n) is 2.06. The number of aliphatic hydroxyl groups is 1. The van der Waals surface area contributed by atoms with Gasteiger partial charge in [-0.25, -0.2) is 12.8 Å². The van der Waals surface area contributed by atoms with E-state index in [0.29, 0.717) is 4.47 Å². The molecule has 2 rings (SSSR count). The van der Waals surface area contributed by atoms with E-state index in [1.54, 1.807) is 0 Å². The van der Waals surface area contributed by atoms with Crippen LogP contribution in [0.5, 0.6) is 0 Å². The van der Waals surface area contributed by atoms with Gasteiger partial charge in [-0.1, -0.05) is 11.6 Å². The van der Waals surface area contributed by atoms with Crippen molar-refractivity contribution < 1.29 is 17.9 Å². The van der Waals surface area contributed by atoms with E-state index in [1.165, 1.54) is 18.2 Å². The largest absolute Gasteiger partial charge is 0.395 e. The fourth-order valence-corrected chi connectivity index (χ4v) is 4.24. The monoisotopic (exact) mass is 371 g/mol. The molecule has 1 fully saturated rings. The number of halogens is 3. The fraction of sp³-hybridized carbons (Fsp3) is 0.455. The van der Waals surface area contributed by atoms with Crippen molar-refractivity contribution in [3.05, 3.63) is 27.7 Å². The van der Waals surface area contributed by atoms with Crippen molar-refractivity contribution in [2.24, 2.45) is 0 Å². The molecule has 1 saturated heterocycles. The van der Waals surface area contributed by atoms with Crippen molar-refractivity contribution in [3.63, 3.8) is 0 Å². The molecule has 0 amide bonds. The summed E-state index contributed by atoms with van der Waals surface area (Å²) in [4.78, 5) is -0.00625. The van der Waals surface area contributed by atoms with Gasteiger partial charge in [-0.2, -0.15) is 4.31 Å². The summed E-state index contributed by atoms with van der Waals surface area (Å²) in [6, 6.07) is 3.50. The number of sulfonamides is 1. The van der Waals surface area contributed by atoms with E-state index in [2.05, 4.69) is 15.9 Å². The van der Waals surface area contributed by atoms with E-state index in [0.717, 1.165) is 4.31 Å². The van der Waals surface area contributed by atoms with Crippen molar-refractivity contribution in [1.29, 1.82) is 0 Å². The Morgan fingerprint density at radius 2 is 2.21 bits per heavy atom. The highest BCUT2D eigenvalue weighted by molar-refractivity contribution is 9.10. The topological polar surface area (TPSA) is 57.6 Å². The zero-order valence-corrected chi connectivity index (χ0v) is 12.9. The Bertz CT molecular complexity index is 583. The Morgan fingerprint density at radius 3 is 2.79 bits per heavy atom. The van der Waals surface area contributed by atoms with Crippen LogP contribution in [0.4, 0.5) is 4.39 Å². The molecule has 19 heavy (non-hydrogen) atoms. The van der Waals surface area contributed by atoms with Gasteiger partial charge in [0.2, 0.25) is 10.0 Å². The zero-order valence-electron chi connectivity index (χ0n) is 9.76. The van der Waals surface area contributed by atoms with E-state index in [4.69, 9.17) is 16.7 Å². The Kier molecular flexibility index (Phi) is 4.52. The summed E-state index contributed by atoms with van der Waals surface area (Å²) in [5.41, 5.74) is 0. The minimum Gasteiger partial charge on any atom is -0.395 e. The number of alkyl halides is 1. The summed E-state index contributed by atoms with van der Waals surface area (Å²) in [7, 11) is -3.84. The lowest BCUT2D eigenvalue weighted by molar-refractivity contribution is 0.213. The zero-order chi connectivity index (χ0) is 14.2. The Morgan fingerprint density at radius 1 is 1.53 bits per heavy atom. The van der Waals surface area contributed by atoms with Crippen LogP contribution in [0.15, 0.2) is 27.6 Å². The first-order chi connectivity index (χ1) is 8.86. The van der Waals surface area contributed by atoms with Crippen molar-refractivity contribution in [2.45, 2.75) is 23.5 Å². The standard InChI is InChI=1S/C11H12BrClFNO3S/c12-10-2-1-9(4-11(10)13)19(17,18)15-5-7(14)3-8(15)6-16/h1-2,4,7-8,16H,3,5-6H2/t7-,8-/m0/s1. The first-order valence-corrected chi connectivity index (χ1v) is 8.19. The second-order valence-electron chi connectivity index (χ2n) is 4.32. The highest BCUT2D eigenvalue weighted by atomic mass is 79.9. The number of aliphatic hydroxyl groups excluding tert-OH is 1. The van der Waals surface area contributed by atoms with Gasteiger partial charge in [0.05, 0.1) is 22.6 Å². The van der Waals surface area contributed by atoms with Gasteiger partial charge in [0, 0.05) is 11.0 Å². The predicted octanol–water partition coefficient (Wildman–Crippen LogP) is 2.20. The van der Waals surface area contributed by atoms with Gasteiger partial charge in [0.15, 0.2) is 0 Å². The van der Waals surface area contributed by atoms with Crippen molar-refractivity contribution in [3.8, 4) is 0 Å². The van der Waals surface area contributed by atoms with E-state index in [-0.39, 0.29) is 22.9 Å². The third-order valence-corrected chi connectivity index (χ3v) is 6.17. The summed E-state index contributed by atoms with van der Waals surface area (Å²) in [6.07, 6.45) is -1.24. The summed E-state index contributed by atoms with van der Waals surface area (Å²) >= 11 is 9.05. The van der Waals surface area contributed by atoms with E-state index in [1.807, 2.05) is 0 Å². The van der Waals surface area contributed by atoms with Gasteiger partial charge < -0.3 is 5.11 Å². The molecule has 0 spiro atoms. The second kappa shape index (κ2) is 5.65. The van der Waals surface area contributed by atoms with Gasteiger partial charge in [-0.05, 0) is 40.5 Å². The third-order valence-electron chi connectivity index (χ3n) is 3.02. The average Bonchev–Trinajstić information content (AvgIpc) is 2.74. The molecular weight excluding hydrogens is 361 g/mol. The molecule has 1 N–H and O–H groups in total. The van der Waals surface area contributed by atoms with Crippen LogP contribution in [0.3, 0.4) is 0 Å². The number of hydrogen-bond acceptors (Lipinski definition) is 3. The maximum Gasteiger partial charge on any atom is 0.243 e. The van der Waals surface area contributed by atoms with Crippen LogP contribution in [-0.4, -0.2) is 43.2 Å². The van der Waals surface area contributed by atoms with Crippen LogP contribution in [0.2, 0.25) is 5.02 Å². The first kappa shape index (κ1) is 15.2. The SMILES string of the molecule is O=S(=O)(c1ccc(Br)c(Cl)c1)N1C[C@@H](F)C[C@H]1CO. The number of nitrogens with zero attached hydrogens (tertiary/aromatic N) is 1. The molecule has 0 saturated carbocycles. The summed E-state index contributed by atoms with van der Waals surface area (Å²) in [5, 5.41) is 9.42. The highest BCUT2D eigenvalue weighted by Gasteiger charge is 2.40. The summed E-state index contributed by atoms with van der Waals surface area (Å²) in [5.74, 6) is 0. The van der Waals surface area contributed by atoms with E-state index >= 15 is 0 Å². The molecule has 0 bridgehead atoms. The molecule has 0 radical (unpaired) electrons. The quantitative estimate of drug-likeness (QED) is 0.885. The maximum absolute atomic E-state index is 13.3. The van der Waals surface area contributed by atoms with Crippen molar-refractivity contribution >= 4 is 37.6 Å². The van der Waals surface area contributed by atoms with E-state index < -0.39 is 28.8 Å². The van der Waals surface area contributed by atoms with Gasteiger partial charge in [-0.3, -0.25) is 0 Å². The molecule has 1 aliphatic rings. The highest BCUT2D eigenvalue weighted by Crippen LogP contribution is 2.31. The summed E-state index contributed by atoms with van der Waals surface area (Å²) in [6.45, 7) is -0.634. The van der Waals surface area contributed by atoms with Gasteiger partial charge in [0.25, 0.3) is 0 Å². The Labute approximate surface area is 124 Å². The average molecular weight is 373 g/mol.